The third-order valence-corrected chi connectivity index (χ3v) is 3.02. The summed E-state index contributed by atoms with van der Waals surface area (Å²) in [6, 6.07) is 5.80. The predicted molar refractivity (Wildman–Crippen MR) is 70.8 cm³/mol. The Kier molecular flexibility index (Phi) is 5.65. The van der Waals surface area contributed by atoms with Gasteiger partial charge >= 0.3 is 5.97 Å². The molecule has 18 heavy (non-hydrogen) atoms. The molecule has 100 valence electrons. The first kappa shape index (κ1) is 14.5. The first-order valence-corrected chi connectivity index (χ1v) is 6.22. The largest absolute Gasteiger partial charge is 0.496 e. The molecule has 1 rings (SSSR count). The molecule has 0 fully saturated rings. The summed E-state index contributed by atoms with van der Waals surface area (Å²) in [6.07, 6.45) is 2.34. The van der Waals surface area contributed by atoms with Crippen LogP contribution in [0.3, 0.4) is 0 Å². The Morgan fingerprint density at radius 2 is 2.22 bits per heavy atom. The SMILES string of the molecule is CCc1cc(C(N)CCCC(=O)O)ccc1OC. The van der Waals surface area contributed by atoms with Crippen molar-refractivity contribution < 1.29 is 14.6 Å². The first-order valence-electron chi connectivity index (χ1n) is 6.22. The maximum absolute atomic E-state index is 10.4. The molecular formula is C14H21NO3. The smallest absolute Gasteiger partial charge is 0.303 e. The molecule has 0 aliphatic carbocycles. The number of methoxy groups -OCH3 is 1. The van der Waals surface area contributed by atoms with Crippen LogP contribution in [0.15, 0.2) is 18.2 Å². The van der Waals surface area contributed by atoms with Crippen LogP contribution in [0.2, 0.25) is 0 Å². The Bertz CT molecular complexity index is 404. The Balaban J connectivity index is 2.67. The Labute approximate surface area is 108 Å². The topological polar surface area (TPSA) is 72.6 Å². The molecule has 0 saturated carbocycles. The van der Waals surface area contributed by atoms with E-state index in [1.807, 2.05) is 18.2 Å². The number of nitrogens with two attached hydrogens (primary N) is 1. The molecular weight excluding hydrogens is 230 g/mol. The molecule has 0 aromatic heterocycles. The highest BCUT2D eigenvalue weighted by Gasteiger charge is 2.10. The molecule has 0 saturated heterocycles. The molecule has 3 N–H and O–H groups in total. The van der Waals surface area contributed by atoms with Gasteiger partial charge in [0.1, 0.15) is 5.75 Å². The highest BCUT2D eigenvalue weighted by atomic mass is 16.5. The lowest BCUT2D eigenvalue weighted by molar-refractivity contribution is -0.137. The van der Waals surface area contributed by atoms with Gasteiger partial charge in [0, 0.05) is 12.5 Å². The molecule has 4 heteroatoms. The van der Waals surface area contributed by atoms with Gasteiger partial charge < -0.3 is 15.6 Å². The minimum Gasteiger partial charge on any atom is -0.496 e. The van der Waals surface area contributed by atoms with Crippen molar-refractivity contribution in [2.45, 2.75) is 38.6 Å². The lowest BCUT2D eigenvalue weighted by Crippen LogP contribution is -2.11. The van der Waals surface area contributed by atoms with Gasteiger partial charge in [-0.1, -0.05) is 19.1 Å². The fourth-order valence-electron chi connectivity index (χ4n) is 1.95. The first-order chi connectivity index (χ1) is 8.58. The van der Waals surface area contributed by atoms with Crippen molar-refractivity contribution in [1.29, 1.82) is 0 Å². The molecule has 0 spiro atoms. The van der Waals surface area contributed by atoms with Crippen LogP contribution in [-0.4, -0.2) is 18.2 Å². The maximum atomic E-state index is 10.4. The number of carboxylic acid groups (broad SMARTS) is 1. The van der Waals surface area contributed by atoms with Crippen LogP contribution in [0.1, 0.15) is 43.4 Å². The third kappa shape index (κ3) is 4.04. The van der Waals surface area contributed by atoms with E-state index in [0.717, 1.165) is 23.3 Å². The summed E-state index contributed by atoms with van der Waals surface area (Å²) >= 11 is 0. The standard InChI is InChI=1S/C14H21NO3/c1-3-10-9-11(7-8-13(10)18-2)12(15)5-4-6-14(16)17/h7-9,12H,3-6,15H2,1-2H3,(H,16,17). The van der Waals surface area contributed by atoms with Crippen molar-refractivity contribution in [2.24, 2.45) is 5.73 Å². The summed E-state index contributed by atoms with van der Waals surface area (Å²) in [5.41, 5.74) is 8.23. The molecule has 0 radical (unpaired) electrons. The van der Waals surface area contributed by atoms with E-state index >= 15 is 0 Å². The predicted octanol–water partition coefficient (Wildman–Crippen LogP) is 2.51. The van der Waals surface area contributed by atoms with Crippen LogP contribution in [0, 0.1) is 0 Å². The summed E-state index contributed by atoms with van der Waals surface area (Å²) in [7, 11) is 1.65. The van der Waals surface area contributed by atoms with Gasteiger partial charge in [-0.3, -0.25) is 4.79 Å². The zero-order valence-electron chi connectivity index (χ0n) is 11.0. The van der Waals surface area contributed by atoms with E-state index in [1.165, 1.54) is 0 Å². The molecule has 0 amide bonds. The summed E-state index contributed by atoms with van der Waals surface area (Å²) in [4.78, 5) is 10.4. The average molecular weight is 251 g/mol. The molecule has 1 aromatic rings. The second kappa shape index (κ2) is 7.01. The highest BCUT2D eigenvalue weighted by Crippen LogP contribution is 2.25. The van der Waals surface area contributed by atoms with E-state index in [0.29, 0.717) is 12.8 Å². The van der Waals surface area contributed by atoms with Crippen LogP contribution >= 0.6 is 0 Å². The van der Waals surface area contributed by atoms with E-state index in [9.17, 15) is 4.79 Å². The van der Waals surface area contributed by atoms with E-state index in [-0.39, 0.29) is 12.5 Å². The fraction of sp³-hybridized carbons (Fsp3) is 0.500. The quantitative estimate of drug-likeness (QED) is 0.781. The van der Waals surface area contributed by atoms with Crippen molar-refractivity contribution >= 4 is 5.97 Å². The normalized spacial score (nSPS) is 12.2. The lowest BCUT2D eigenvalue weighted by Gasteiger charge is -2.14. The summed E-state index contributed by atoms with van der Waals surface area (Å²) in [6.45, 7) is 2.07. The minimum atomic E-state index is -0.772. The van der Waals surface area contributed by atoms with Gasteiger partial charge in [0.25, 0.3) is 0 Å². The van der Waals surface area contributed by atoms with Crippen molar-refractivity contribution in [3.63, 3.8) is 0 Å². The van der Waals surface area contributed by atoms with Crippen LogP contribution in [0.25, 0.3) is 0 Å². The number of rotatable bonds is 7. The van der Waals surface area contributed by atoms with Gasteiger partial charge in [-0.05, 0) is 36.5 Å². The molecule has 0 aliphatic rings. The summed E-state index contributed by atoms with van der Waals surface area (Å²) < 4.78 is 5.27. The van der Waals surface area contributed by atoms with Gasteiger partial charge in [0.15, 0.2) is 0 Å². The zero-order chi connectivity index (χ0) is 13.5. The van der Waals surface area contributed by atoms with Crippen LogP contribution in [0.5, 0.6) is 5.75 Å². The number of aliphatic carboxylic acids is 1. The second-order valence-corrected chi connectivity index (χ2v) is 4.32. The number of hydrogen-bond donors (Lipinski definition) is 2. The van der Waals surface area contributed by atoms with Gasteiger partial charge in [0.05, 0.1) is 7.11 Å². The average Bonchev–Trinajstić information content (AvgIpc) is 2.37. The fourth-order valence-corrected chi connectivity index (χ4v) is 1.95. The van der Waals surface area contributed by atoms with Crippen LogP contribution in [-0.2, 0) is 11.2 Å². The number of hydrogen-bond acceptors (Lipinski definition) is 3. The number of aryl methyl sites for hydroxylation is 1. The van der Waals surface area contributed by atoms with Crippen molar-refractivity contribution in [3.05, 3.63) is 29.3 Å². The summed E-state index contributed by atoms with van der Waals surface area (Å²) in [5.74, 6) is 0.102. The van der Waals surface area contributed by atoms with Crippen molar-refractivity contribution in [1.82, 2.24) is 0 Å². The van der Waals surface area contributed by atoms with Gasteiger partial charge in [0.2, 0.25) is 0 Å². The van der Waals surface area contributed by atoms with E-state index in [1.54, 1.807) is 7.11 Å². The van der Waals surface area contributed by atoms with Gasteiger partial charge in [-0.2, -0.15) is 0 Å². The lowest BCUT2D eigenvalue weighted by atomic mass is 9.98. The van der Waals surface area contributed by atoms with E-state index < -0.39 is 5.97 Å². The monoisotopic (exact) mass is 251 g/mol. The molecule has 4 nitrogen and oxygen atoms in total. The Hall–Kier alpha value is -1.55. The molecule has 0 aliphatic heterocycles. The van der Waals surface area contributed by atoms with Crippen LogP contribution in [0.4, 0.5) is 0 Å². The number of carbonyl (C=O) groups is 1. The third-order valence-electron chi connectivity index (χ3n) is 3.02. The Morgan fingerprint density at radius 3 is 2.78 bits per heavy atom. The molecule has 1 aromatic carbocycles. The van der Waals surface area contributed by atoms with Gasteiger partial charge in [-0.15, -0.1) is 0 Å². The number of ether oxygens (including phenoxy) is 1. The van der Waals surface area contributed by atoms with Crippen molar-refractivity contribution in [2.75, 3.05) is 7.11 Å². The Morgan fingerprint density at radius 1 is 1.50 bits per heavy atom. The minimum absolute atomic E-state index is 0.111. The maximum Gasteiger partial charge on any atom is 0.303 e. The van der Waals surface area contributed by atoms with Gasteiger partial charge in [-0.25, -0.2) is 0 Å². The molecule has 1 atom stereocenters. The van der Waals surface area contributed by atoms with E-state index in [4.69, 9.17) is 15.6 Å². The summed E-state index contributed by atoms with van der Waals surface area (Å²) in [5, 5.41) is 8.59. The number of benzene rings is 1. The highest BCUT2D eigenvalue weighted by molar-refractivity contribution is 5.66. The molecule has 0 heterocycles. The number of carboxylic acids is 1. The molecule has 0 bridgehead atoms. The zero-order valence-corrected chi connectivity index (χ0v) is 11.0. The van der Waals surface area contributed by atoms with E-state index in [2.05, 4.69) is 6.92 Å². The van der Waals surface area contributed by atoms with Crippen LogP contribution < -0.4 is 10.5 Å². The second-order valence-electron chi connectivity index (χ2n) is 4.32. The molecule has 1 unspecified atom stereocenters. The van der Waals surface area contributed by atoms with Crippen molar-refractivity contribution in [3.8, 4) is 5.75 Å².